The summed E-state index contributed by atoms with van der Waals surface area (Å²) >= 11 is 7.89. The molecule has 0 aromatic heterocycles. The molecular formula is C22H20ClN3O2S. The SMILES string of the molecule is COc1ccccc1NC(=O)C1=C(C)NC(SC)=C(C#N)[C@H]1c1ccccc1Cl. The van der Waals surface area contributed by atoms with Crippen LogP contribution in [0.15, 0.2) is 70.4 Å². The average Bonchev–Trinajstić information content (AvgIpc) is 2.73. The summed E-state index contributed by atoms with van der Waals surface area (Å²) in [4.78, 5) is 13.4. The van der Waals surface area contributed by atoms with Crippen molar-refractivity contribution >= 4 is 35.0 Å². The van der Waals surface area contributed by atoms with Crippen LogP contribution in [0.3, 0.4) is 0 Å². The van der Waals surface area contributed by atoms with Crippen LogP contribution in [0.25, 0.3) is 0 Å². The number of para-hydroxylation sites is 2. The molecule has 7 heteroatoms. The van der Waals surface area contributed by atoms with Gasteiger partial charge in [0.15, 0.2) is 0 Å². The summed E-state index contributed by atoms with van der Waals surface area (Å²) in [5, 5.41) is 17.2. The van der Waals surface area contributed by atoms with E-state index in [2.05, 4.69) is 16.7 Å². The molecule has 2 aromatic carbocycles. The average molecular weight is 426 g/mol. The molecule has 2 aromatic rings. The zero-order valence-electron chi connectivity index (χ0n) is 16.2. The van der Waals surface area contributed by atoms with Crippen LogP contribution in [0, 0.1) is 11.3 Å². The second-order valence-electron chi connectivity index (χ2n) is 6.33. The van der Waals surface area contributed by atoms with Crippen molar-refractivity contribution in [1.29, 1.82) is 5.26 Å². The third kappa shape index (κ3) is 4.12. The van der Waals surface area contributed by atoms with Gasteiger partial charge in [-0.05, 0) is 36.9 Å². The van der Waals surface area contributed by atoms with Gasteiger partial charge in [-0.2, -0.15) is 5.26 Å². The number of benzene rings is 2. The third-order valence-electron chi connectivity index (χ3n) is 4.67. The molecule has 0 radical (unpaired) electrons. The predicted molar refractivity (Wildman–Crippen MR) is 118 cm³/mol. The van der Waals surface area contributed by atoms with E-state index in [4.69, 9.17) is 16.3 Å². The molecule has 1 atom stereocenters. The number of carbonyl (C=O) groups is 1. The summed E-state index contributed by atoms with van der Waals surface area (Å²) in [7, 11) is 1.55. The van der Waals surface area contributed by atoms with Crippen molar-refractivity contribution in [1.82, 2.24) is 5.32 Å². The summed E-state index contributed by atoms with van der Waals surface area (Å²) in [6.45, 7) is 1.82. The van der Waals surface area contributed by atoms with Gasteiger partial charge in [-0.1, -0.05) is 41.9 Å². The number of methoxy groups -OCH3 is 1. The van der Waals surface area contributed by atoms with E-state index in [1.54, 1.807) is 25.3 Å². The molecule has 3 rings (SSSR count). The van der Waals surface area contributed by atoms with Crippen LogP contribution < -0.4 is 15.4 Å². The van der Waals surface area contributed by atoms with E-state index in [-0.39, 0.29) is 5.91 Å². The number of hydrogen-bond acceptors (Lipinski definition) is 5. The van der Waals surface area contributed by atoms with Crippen LogP contribution >= 0.6 is 23.4 Å². The number of nitrogens with zero attached hydrogens (tertiary/aromatic N) is 1. The van der Waals surface area contributed by atoms with Crippen molar-refractivity contribution < 1.29 is 9.53 Å². The van der Waals surface area contributed by atoms with Gasteiger partial charge in [0.2, 0.25) is 0 Å². The van der Waals surface area contributed by atoms with Crippen molar-refractivity contribution in [3.8, 4) is 11.8 Å². The Bertz CT molecular complexity index is 1060. The second-order valence-corrected chi connectivity index (χ2v) is 7.56. The summed E-state index contributed by atoms with van der Waals surface area (Å²) in [5.41, 5.74) is 2.84. The first-order valence-corrected chi connectivity index (χ1v) is 10.5. The fraction of sp³-hybridized carbons (Fsp3) is 0.182. The molecule has 0 spiro atoms. The van der Waals surface area contributed by atoms with Crippen molar-refractivity contribution in [3.05, 3.63) is 81.0 Å². The van der Waals surface area contributed by atoms with Gasteiger partial charge >= 0.3 is 0 Å². The molecule has 2 N–H and O–H groups in total. The number of thioether (sulfide) groups is 1. The van der Waals surface area contributed by atoms with Crippen molar-refractivity contribution in [2.45, 2.75) is 12.8 Å². The maximum absolute atomic E-state index is 13.4. The molecular weight excluding hydrogens is 406 g/mol. The smallest absolute Gasteiger partial charge is 0.254 e. The van der Waals surface area contributed by atoms with Crippen LogP contribution in [-0.4, -0.2) is 19.3 Å². The number of anilines is 1. The lowest BCUT2D eigenvalue weighted by atomic mass is 9.82. The van der Waals surface area contributed by atoms with Gasteiger partial charge in [-0.3, -0.25) is 4.79 Å². The summed E-state index contributed by atoms with van der Waals surface area (Å²) < 4.78 is 5.34. The monoisotopic (exact) mass is 425 g/mol. The molecule has 148 valence electrons. The molecule has 1 amide bonds. The van der Waals surface area contributed by atoms with Gasteiger partial charge in [-0.15, -0.1) is 11.8 Å². The van der Waals surface area contributed by atoms with Crippen LogP contribution in [0.5, 0.6) is 5.75 Å². The molecule has 0 aliphatic carbocycles. The van der Waals surface area contributed by atoms with Gasteiger partial charge in [0, 0.05) is 16.3 Å². The first-order valence-electron chi connectivity index (χ1n) is 8.86. The highest BCUT2D eigenvalue weighted by atomic mass is 35.5. The topological polar surface area (TPSA) is 74.2 Å². The minimum Gasteiger partial charge on any atom is -0.495 e. The molecule has 29 heavy (non-hydrogen) atoms. The normalized spacial score (nSPS) is 16.2. The first kappa shape index (κ1) is 20.8. The van der Waals surface area contributed by atoms with E-state index in [0.717, 1.165) is 0 Å². The highest BCUT2D eigenvalue weighted by molar-refractivity contribution is 8.02. The number of nitriles is 1. The first-order chi connectivity index (χ1) is 14.0. The molecule has 1 aliphatic rings. The second kappa shape index (κ2) is 9.08. The highest BCUT2D eigenvalue weighted by Gasteiger charge is 2.35. The number of nitrogens with one attached hydrogen (secondary N) is 2. The number of hydrogen-bond donors (Lipinski definition) is 2. The summed E-state index contributed by atoms with van der Waals surface area (Å²) in [6.07, 6.45) is 1.89. The largest absolute Gasteiger partial charge is 0.495 e. The molecule has 0 fully saturated rings. The predicted octanol–water partition coefficient (Wildman–Crippen LogP) is 5.05. The fourth-order valence-corrected chi connectivity index (χ4v) is 4.22. The molecule has 5 nitrogen and oxygen atoms in total. The van der Waals surface area contributed by atoms with Gasteiger partial charge in [-0.25, -0.2) is 0 Å². The summed E-state index contributed by atoms with van der Waals surface area (Å²) in [6, 6.07) is 16.7. The number of amides is 1. The maximum Gasteiger partial charge on any atom is 0.254 e. The third-order valence-corrected chi connectivity index (χ3v) is 5.74. The van der Waals surface area contributed by atoms with E-state index in [9.17, 15) is 10.1 Å². The Morgan fingerprint density at radius 3 is 2.59 bits per heavy atom. The Labute approximate surface area is 179 Å². The van der Waals surface area contributed by atoms with E-state index in [1.165, 1.54) is 11.8 Å². The molecule has 0 saturated heterocycles. The number of carbonyl (C=O) groups excluding carboxylic acids is 1. The Kier molecular flexibility index (Phi) is 6.53. The van der Waals surface area contributed by atoms with Crippen LogP contribution in [0.2, 0.25) is 5.02 Å². The Morgan fingerprint density at radius 2 is 1.93 bits per heavy atom. The van der Waals surface area contributed by atoms with Gasteiger partial charge in [0.25, 0.3) is 5.91 Å². The van der Waals surface area contributed by atoms with Crippen molar-refractivity contribution in [2.24, 2.45) is 0 Å². The zero-order valence-corrected chi connectivity index (χ0v) is 17.8. The number of ether oxygens (including phenoxy) is 1. The Balaban J connectivity index is 2.11. The molecule has 0 unspecified atom stereocenters. The van der Waals surface area contributed by atoms with Gasteiger partial charge < -0.3 is 15.4 Å². The molecule has 0 bridgehead atoms. The lowest BCUT2D eigenvalue weighted by Gasteiger charge is -2.30. The van der Waals surface area contributed by atoms with E-state index >= 15 is 0 Å². The highest BCUT2D eigenvalue weighted by Crippen LogP contribution is 2.42. The quantitative estimate of drug-likeness (QED) is 0.701. The molecule has 1 heterocycles. The Hall–Kier alpha value is -2.88. The van der Waals surface area contributed by atoms with E-state index < -0.39 is 5.92 Å². The summed E-state index contributed by atoms with van der Waals surface area (Å²) in [5.74, 6) is -0.345. The minimum absolute atomic E-state index is 0.322. The Morgan fingerprint density at radius 1 is 1.24 bits per heavy atom. The fourth-order valence-electron chi connectivity index (χ4n) is 3.33. The number of rotatable bonds is 5. The van der Waals surface area contributed by atoms with Gasteiger partial charge in [0.05, 0.1) is 35.4 Å². The number of dihydropyridines is 1. The van der Waals surface area contributed by atoms with Crippen molar-refractivity contribution in [2.75, 3.05) is 18.7 Å². The van der Waals surface area contributed by atoms with E-state index in [0.29, 0.717) is 43.9 Å². The standard InChI is InChI=1S/C22H20ClN3O2S/c1-13-19(21(27)26-17-10-6-7-11-18(17)28-2)20(14-8-4-5-9-16(14)23)15(12-24)22(25-13)29-3/h4-11,20,25H,1-3H3,(H,26,27)/t20-/m1/s1. The van der Waals surface area contributed by atoms with Crippen molar-refractivity contribution in [3.63, 3.8) is 0 Å². The minimum atomic E-state index is -0.577. The van der Waals surface area contributed by atoms with Crippen LogP contribution in [0.4, 0.5) is 5.69 Å². The number of halogens is 1. The van der Waals surface area contributed by atoms with Crippen LogP contribution in [0.1, 0.15) is 18.4 Å². The molecule has 1 aliphatic heterocycles. The molecule has 0 saturated carbocycles. The lowest BCUT2D eigenvalue weighted by Crippen LogP contribution is -2.30. The van der Waals surface area contributed by atoms with E-state index in [1.807, 2.05) is 43.5 Å². The zero-order chi connectivity index (χ0) is 21.0. The lowest BCUT2D eigenvalue weighted by molar-refractivity contribution is -0.113. The maximum atomic E-state index is 13.4. The van der Waals surface area contributed by atoms with Crippen LogP contribution in [-0.2, 0) is 4.79 Å². The number of allylic oxidation sites excluding steroid dienone is 2. The van der Waals surface area contributed by atoms with Gasteiger partial charge in [0.1, 0.15) is 5.75 Å².